The summed E-state index contributed by atoms with van der Waals surface area (Å²) in [5.41, 5.74) is 4.53. The van der Waals surface area contributed by atoms with E-state index < -0.39 is 5.97 Å². The predicted molar refractivity (Wildman–Crippen MR) is 86.2 cm³/mol. The van der Waals surface area contributed by atoms with Gasteiger partial charge in [-0.2, -0.15) is 0 Å². The lowest BCUT2D eigenvalue weighted by atomic mass is 9.98. The first-order valence-corrected chi connectivity index (χ1v) is 7.05. The highest BCUT2D eigenvalue weighted by Crippen LogP contribution is 2.28. The fraction of sp³-hybridized carbons (Fsp3) is 0.389. The van der Waals surface area contributed by atoms with Crippen LogP contribution in [0.25, 0.3) is 0 Å². The largest absolute Gasteiger partial charge is 0.496 e. The molecule has 0 fully saturated rings. The molecule has 0 saturated carbocycles. The van der Waals surface area contributed by atoms with E-state index in [4.69, 9.17) is 4.74 Å². The van der Waals surface area contributed by atoms with Crippen LogP contribution >= 0.6 is 0 Å². The van der Waals surface area contributed by atoms with Crippen LogP contribution in [-0.4, -0.2) is 18.2 Å². The summed E-state index contributed by atoms with van der Waals surface area (Å²) < 4.78 is 5.52. The first-order valence-electron chi connectivity index (χ1n) is 7.05. The van der Waals surface area contributed by atoms with Gasteiger partial charge in [-0.15, -0.1) is 0 Å². The van der Waals surface area contributed by atoms with Crippen molar-refractivity contribution in [1.29, 1.82) is 0 Å². The maximum Gasteiger partial charge on any atom is 0.335 e. The van der Waals surface area contributed by atoms with Gasteiger partial charge in [-0.05, 0) is 63.8 Å². The molecular weight excluding hydrogens is 264 g/mol. The van der Waals surface area contributed by atoms with Gasteiger partial charge in [0.25, 0.3) is 0 Å². The molecule has 0 saturated heterocycles. The van der Waals surface area contributed by atoms with Crippen molar-refractivity contribution in [1.82, 2.24) is 0 Å². The second kappa shape index (κ2) is 7.67. The number of carboxylic acid groups (broad SMARTS) is 1. The van der Waals surface area contributed by atoms with E-state index in [1.165, 1.54) is 11.1 Å². The maximum atomic E-state index is 11.3. The van der Waals surface area contributed by atoms with Crippen molar-refractivity contribution in [2.75, 3.05) is 7.11 Å². The molecule has 0 bridgehead atoms. The summed E-state index contributed by atoms with van der Waals surface area (Å²) in [6.45, 7) is 8.10. The summed E-state index contributed by atoms with van der Waals surface area (Å²) in [5, 5.41) is 9.28. The number of rotatable bonds is 6. The molecule has 3 nitrogen and oxygen atoms in total. The monoisotopic (exact) mass is 288 g/mol. The average Bonchev–Trinajstić information content (AvgIpc) is 2.41. The zero-order valence-electron chi connectivity index (χ0n) is 13.5. The normalized spacial score (nSPS) is 9.95. The van der Waals surface area contributed by atoms with Gasteiger partial charge in [-0.1, -0.05) is 23.3 Å². The van der Waals surface area contributed by atoms with E-state index in [1.807, 2.05) is 27.7 Å². The smallest absolute Gasteiger partial charge is 0.335 e. The number of carbonyl (C=O) groups is 1. The van der Waals surface area contributed by atoms with E-state index in [2.05, 4.69) is 12.2 Å². The lowest BCUT2D eigenvalue weighted by Crippen LogP contribution is -2.03. The van der Waals surface area contributed by atoms with Gasteiger partial charge in [0.15, 0.2) is 0 Å². The number of hydrogen-bond acceptors (Lipinski definition) is 2. The van der Waals surface area contributed by atoms with Gasteiger partial charge in [0.05, 0.1) is 12.7 Å². The number of hydrogen-bond donors (Lipinski definition) is 1. The molecule has 1 aromatic carbocycles. The second-order valence-corrected chi connectivity index (χ2v) is 5.60. The number of allylic oxidation sites excluding steroid dienone is 4. The molecule has 0 spiro atoms. The molecule has 1 N–H and O–H groups in total. The highest BCUT2D eigenvalue weighted by molar-refractivity contribution is 5.88. The Labute approximate surface area is 127 Å². The number of aromatic carboxylic acids is 1. The predicted octanol–water partition coefficient (Wildman–Crippen LogP) is 4.41. The molecule has 0 aliphatic rings. The van der Waals surface area contributed by atoms with Gasteiger partial charge in [0.1, 0.15) is 5.75 Å². The molecule has 0 aliphatic carbocycles. The van der Waals surface area contributed by atoms with Gasteiger partial charge in [0.2, 0.25) is 0 Å². The first kappa shape index (κ1) is 17.0. The summed E-state index contributed by atoms with van der Waals surface area (Å²) in [5.74, 6) is -0.121. The Hall–Kier alpha value is -2.03. The van der Waals surface area contributed by atoms with Crippen molar-refractivity contribution in [3.63, 3.8) is 0 Å². The molecular formula is C18H24O3. The summed E-state index contributed by atoms with van der Waals surface area (Å²) in [4.78, 5) is 11.3. The molecule has 1 aromatic rings. The van der Waals surface area contributed by atoms with Crippen LogP contribution in [0, 0.1) is 0 Å². The van der Waals surface area contributed by atoms with Crippen molar-refractivity contribution in [3.05, 3.63) is 52.1 Å². The van der Waals surface area contributed by atoms with Crippen LogP contribution in [0.1, 0.15) is 49.2 Å². The molecule has 0 radical (unpaired) electrons. The van der Waals surface area contributed by atoms with E-state index >= 15 is 0 Å². The van der Waals surface area contributed by atoms with Gasteiger partial charge < -0.3 is 9.84 Å². The van der Waals surface area contributed by atoms with E-state index in [0.29, 0.717) is 18.4 Å². The van der Waals surface area contributed by atoms with Crippen molar-refractivity contribution >= 4 is 5.97 Å². The zero-order valence-corrected chi connectivity index (χ0v) is 13.5. The third-order valence-electron chi connectivity index (χ3n) is 3.15. The third-order valence-corrected chi connectivity index (χ3v) is 3.15. The Morgan fingerprint density at radius 1 is 1.05 bits per heavy atom. The molecule has 0 aromatic heterocycles. The van der Waals surface area contributed by atoms with Crippen LogP contribution in [0.4, 0.5) is 0 Å². The van der Waals surface area contributed by atoms with Crippen LogP contribution < -0.4 is 4.74 Å². The molecule has 1 rings (SSSR count). The Kier molecular flexibility index (Phi) is 6.22. The lowest BCUT2D eigenvalue weighted by molar-refractivity contribution is 0.0696. The highest BCUT2D eigenvalue weighted by atomic mass is 16.5. The minimum absolute atomic E-state index is 0.310. The van der Waals surface area contributed by atoms with Crippen LogP contribution in [0.5, 0.6) is 5.75 Å². The summed E-state index contributed by atoms with van der Waals surface area (Å²) in [7, 11) is 1.63. The molecule has 0 heterocycles. The first-order chi connectivity index (χ1) is 9.85. The number of carboxylic acids is 1. The van der Waals surface area contributed by atoms with Crippen molar-refractivity contribution in [3.8, 4) is 5.75 Å². The van der Waals surface area contributed by atoms with Crippen molar-refractivity contribution in [2.24, 2.45) is 0 Å². The zero-order chi connectivity index (χ0) is 16.0. The number of methoxy groups -OCH3 is 1. The average molecular weight is 288 g/mol. The Bertz CT molecular complexity index is 531. The van der Waals surface area contributed by atoms with Crippen LogP contribution in [0.3, 0.4) is 0 Å². The Balaban J connectivity index is 3.35. The topological polar surface area (TPSA) is 46.5 Å². The Morgan fingerprint density at radius 2 is 1.48 bits per heavy atom. The minimum atomic E-state index is -0.908. The molecule has 3 heteroatoms. The molecule has 114 valence electrons. The van der Waals surface area contributed by atoms with Crippen LogP contribution in [-0.2, 0) is 12.8 Å². The van der Waals surface area contributed by atoms with Gasteiger partial charge in [0, 0.05) is 0 Å². The molecule has 0 atom stereocenters. The maximum absolute atomic E-state index is 11.3. The molecule has 0 aliphatic heterocycles. The van der Waals surface area contributed by atoms with E-state index in [9.17, 15) is 9.90 Å². The second-order valence-electron chi connectivity index (χ2n) is 5.60. The van der Waals surface area contributed by atoms with Crippen molar-refractivity contribution in [2.45, 2.75) is 40.5 Å². The van der Waals surface area contributed by atoms with E-state index in [1.54, 1.807) is 19.2 Å². The van der Waals surface area contributed by atoms with Crippen LogP contribution in [0.15, 0.2) is 35.4 Å². The standard InChI is InChI=1S/C18H24O3/c1-12(2)6-8-14-10-16(18(19)20)11-15(17(14)21-5)9-7-13(3)4/h6-7,10-11H,8-9H2,1-5H3,(H,19,20). The van der Waals surface area contributed by atoms with E-state index in [0.717, 1.165) is 16.9 Å². The van der Waals surface area contributed by atoms with Gasteiger partial charge >= 0.3 is 5.97 Å². The van der Waals surface area contributed by atoms with E-state index in [-0.39, 0.29) is 0 Å². The summed E-state index contributed by atoms with van der Waals surface area (Å²) in [6.07, 6.45) is 5.51. The summed E-state index contributed by atoms with van der Waals surface area (Å²) in [6, 6.07) is 3.40. The SMILES string of the molecule is COc1c(CC=C(C)C)cc(C(=O)O)cc1CC=C(C)C. The van der Waals surface area contributed by atoms with Crippen LogP contribution in [0.2, 0.25) is 0 Å². The molecule has 21 heavy (non-hydrogen) atoms. The number of benzene rings is 1. The van der Waals surface area contributed by atoms with Gasteiger partial charge in [-0.3, -0.25) is 0 Å². The van der Waals surface area contributed by atoms with Crippen molar-refractivity contribution < 1.29 is 14.6 Å². The number of ether oxygens (including phenoxy) is 1. The lowest BCUT2D eigenvalue weighted by Gasteiger charge is -2.14. The fourth-order valence-electron chi connectivity index (χ4n) is 2.07. The fourth-order valence-corrected chi connectivity index (χ4v) is 2.07. The Morgan fingerprint density at radius 3 is 1.76 bits per heavy atom. The molecule has 0 amide bonds. The molecule has 0 unspecified atom stereocenters. The summed E-state index contributed by atoms with van der Waals surface area (Å²) >= 11 is 0. The highest BCUT2D eigenvalue weighted by Gasteiger charge is 2.13. The van der Waals surface area contributed by atoms with Gasteiger partial charge in [-0.25, -0.2) is 4.79 Å². The quantitative estimate of drug-likeness (QED) is 0.789. The third kappa shape index (κ3) is 5.10. The minimum Gasteiger partial charge on any atom is -0.496 e.